The Morgan fingerprint density at radius 2 is 1.63 bits per heavy atom. The van der Waals surface area contributed by atoms with Crippen LogP contribution in [0, 0.1) is 5.92 Å². The van der Waals surface area contributed by atoms with E-state index < -0.39 is 17.7 Å². The molecule has 7 rings (SSSR count). The number of aliphatic hydroxyl groups is 2. The standard InChI is InChI=1S/C47H53N3O8.H2S/c51-41(39-20-22-42(52)44-40(39)21-23-43(53)49-44)15-4-8-32-16-18-34(19-17-32)45(54)48-26-7-29-57-38-14-5-11-36(30-38)47(56,35-9-2-1-3-10-35)46(55)58-31-33-24-27-50(28-25-33)37-12-6-13-37;/h1-3,5,9-11,14,16-23,30,33,37,41,51-52,56H,4,6-8,12-13,15,24-29,31H2,(H,48,54)(H,49,53);1H2/t41-,47-;/m0./s1. The molecule has 12 heteroatoms. The predicted octanol–water partition coefficient (Wildman–Crippen LogP) is 6.65. The van der Waals surface area contributed by atoms with Crippen LogP contribution in [0.4, 0.5) is 0 Å². The fraction of sp³-hybridized carbons (Fsp3) is 0.383. The Kier molecular flexibility index (Phi) is 14.9. The van der Waals surface area contributed by atoms with Gasteiger partial charge in [0.15, 0.2) is 0 Å². The predicted molar refractivity (Wildman–Crippen MR) is 232 cm³/mol. The summed E-state index contributed by atoms with van der Waals surface area (Å²) in [6.07, 6.45) is 7.48. The van der Waals surface area contributed by atoms with Crippen LogP contribution in [-0.4, -0.2) is 76.0 Å². The highest BCUT2D eigenvalue weighted by molar-refractivity contribution is 7.59. The maximum Gasteiger partial charge on any atom is 0.347 e. The van der Waals surface area contributed by atoms with E-state index in [-0.39, 0.29) is 43.2 Å². The van der Waals surface area contributed by atoms with Crippen molar-refractivity contribution in [2.45, 2.75) is 75.5 Å². The van der Waals surface area contributed by atoms with Gasteiger partial charge in [-0.05, 0) is 123 Å². The summed E-state index contributed by atoms with van der Waals surface area (Å²) in [6.45, 7) is 3.02. The number of H-pyrrole nitrogens is 1. The Bertz CT molecular complexity index is 2220. The molecule has 5 N–H and O–H groups in total. The number of aromatic amines is 1. The number of nitrogens with one attached hydrogen (secondary N) is 2. The normalized spacial score (nSPS) is 16.3. The number of nitrogens with zero attached hydrogens (tertiary/aromatic N) is 1. The number of pyridine rings is 1. The molecule has 0 unspecified atom stereocenters. The van der Waals surface area contributed by atoms with E-state index in [1.807, 2.05) is 18.2 Å². The molecular formula is C47H55N3O8S. The van der Waals surface area contributed by atoms with E-state index in [4.69, 9.17) is 9.47 Å². The zero-order chi connectivity index (χ0) is 40.5. The van der Waals surface area contributed by atoms with Gasteiger partial charge in [0.05, 0.1) is 24.8 Å². The number of piperidine rings is 1. The topological polar surface area (TPSA) is 161 Å². The van der Waals surface area contributed by atoms with E-state index in [0.717, 1.165) is 31.5 Å². The third-order valence-electron chi connectivity index (χ3n) is 11.7. The second-order valence-electron chi connectivity index (χ2n) is 15.6. The van der Waals surface area contributed by atoms with Gasteiger partial charge in [0.2, 0.25) is 11.2 Å². The maximum absolute atomic E-state index is 13.7. The molecule has 1 aliphatic carbocycles. The Morgan fingerprint density at radius 3 is 2.36 bits per heavy atom. The first-order valence-electron chi connectivity index (χ1n) is 20.5. The average molecular weight is 822 g/mol. The van der Waals surface area contributed by atoms with Crippen LogP contribution in [0.1, 0.15) is 90.1 Å². The summed E-state index contributed by atoms with van der Waals surface area (Å²) < 4.78 is 11.9. The number of hydrogen-bond donors (Lipinski definition) is 5. The van der Waals surface area contributed by atoms with Gasteiger partial charge >= 0.3 is 5.97 Å². The zero-order valence-electron chi connectivity index (χ0n) is 33.3. The molecule has 2 aliphatic rings. The van der Waals surface area contributed by atoms with Crippen LogP contribution in [0.25, 0.3) is 10.9 Å². The lowest BCUT2D eigenvalue weighted by atomic mass is 9.86. The molecule has 0 radical (unpaired) electrons. The number of phenols is 1. The highest BCUT2D eigenvalue weighted by Gasteiger charge is 2.42. The molecule has 1 aliphatic heterocycles. The molecule has 1 amide bonds. The number of aromatic nitrogens is 1. The van der Waals surface area contributed by atoms with E-state index in [0.29, 0.717) is 83.8 Å². The molecule has 11 nitrogen and oxygen atoms in total. The van der Waals surface area contributed by atoms with Gasteiger partial charge in [-0.15, -0.1) is 0 Å². The molecule has 0 spiro atoms. The lowest BCUT2D eigenvalue weighted by Crippen LogP contribution is -2.45. The van der Waals surface area contributed by atoms with Crippen molar-refractivity contribution in [1.29, 1.82) is 0 Å². The van der Waals surface area contributed by atoms with Crippen molar-refractivity contribution in [2.24, 2.45) is 5.92 Å². The maximum atomic E-state index is 13.7. The second-order valence-corrected chi connectivity index (χ2v) is 15.6. The number of hydrogen-bond acceptors (Lipinski definition) is 9. The summed E-state index contributed by atoms with van der Waals surface area (Å²) in [5.41, 5.74) is 0.967. The van der Waals surface area contributed by atoms with Crippen LogP contribution in [0.2, 0.25) is 0 Å². The zero-order valence-corrected chi connectivity index (χ0v) is 34.3. The number of amides is 1. The SMILES string of the molecule is O=C(NCCCOc1cccc([C@](O)(C(=O)OCC2CCN(C3CCC3)CC2)c2ccccc2)c1)c1ccc(CCC[C@H](O)c2ccc(O)c3[nH]c(=O)ccc23)cc1.S. The van der Waals surface area contributed by atoms with Crippen molar-refractivity contribution in [3.63, 3.8) is 0 Å². The molecule has 1 aromatic heterocycles. The number of aryl methyl sites for hydroxylation is 1. The molecule has 4 aromatic carbocycles. The molecule has 59 heavy (non-hydrogen) atoms. The molecule has 1 saturated heterocycles. The van der Waals surface area contributed by atoms with Gasteiger partial charge < -0.3 is 40.0 Å². The van der Waals surface area contributed by atoms with Crippen LogP contribution in [0.3, 0.4) is 0 Å². The summed E-state index contributed by atoms with van der Waals surface area (Å²) in [5.74, 6) is -0.186. The molecule has 2 atom stereocenters. The molecule has 312 valence electrons. The van der Waals surface area contributed by atoms with E-state index >= 15 is 0 Å². The van der Waals surface area contributed by atoms with Crippen LogP contribution in [0.15, 0.2) is 108 Å². The lowest BCUT2D eigenvalue weighted by molar-refractivity contribution is -0.164. The highest BCUT2D eigenvalue weighted by Crippen LogP contribution is 2.35. The summed E-state index contributed by atoms with van der Waals surface area (Å²) in [6, 6.07) is 30.0. The van der Waals surface area contributed by atoms with Gasteiger partial charge in [-0.3, -0.25) is 9.59 Å². The first kappa shape index (κ1) is 43.4. The third-order valence-corrected chi connectivity index (χ3v) is 11.7. The van der Waals surface area contributed by atoms with Crippen molar-refractivity contribution in [3.8, 4) is 11.5 Å². The van der Waals surface area contributed by atoms with Gasteiger partial charge in [0.25, 0.3) is 5.91 Å². The first-order valence-corrected chi connectivity index (χ1v) is 20.5. The Balaban J connectivity index is 0.00000585. The van der Waals surface area contributed by atoms with Gasteiger partial charge in [-0.25, -0.2) is 4.79 Å². The Morgan fingerprint density at radius 1 is 0.881 bits per heavy atom. The van der Waals surface area contributed by atoms with Crippen LogP contribution in [-0.2, 0) is 21.6 Å². The van der Waals surface area contributed by atoms with E-state index in [1.165, 1.54) is 31.4 Å². The average Bonchev–Trinajstić information content (AvgIpc) is 3.23. The monoisotopic (exact) mass is 821 g/mol. The van der Waals surface area contributed by atoms with Crippen molar-refractivity contribution in [3.05, 3.63) is 141 Å². The minimum Gasteiger partial charge on any atom is -0.506 e. The van der Waals surface area contributed by atoms with Crippen molar-refractivity contribution in [2.75, 3.05) is 32.8 Å². The van der Waals surface area contributed by atoms with Gasteiger partial charge in [-0.1, -0.05) is 67.1 Å². The molecular weight excluding hydrogens is 767 g/mol. The summed E-state index contributed by atoms with van der Waals surface area (Å²) in [7, 11) is 0. The molecule has 2 fully saturated rings. The fourth-order valence-corrected chi connectivity index (χ4v) is 8.02. The number of rotatable bonds is 17. The number of ether oxygens (including phenoxy) is 2. The van der Waals surface area contributed by atoms with Gasteiger partial charge in [-0.2, -0.15) is 13.5 Å². The number of benzene rings is 4. The number of fused-ring (bicyclic) bond motifs is 1. The highest BCUT2D eigenvalue weighted by atomic mass is 32.1. The van der Waals surface area contributed by atoms with E-state index in [9.17, 15) is 29.7 Å². The van der Waals surface area contributed by atoms with E-state index in [2.05, 4.69) is 15.2 Å². The number of aromatic hydroxyl groups is 1. The van der Waals surface area contributed by atoms with Crippen molar-refractivity contribution in [1.82, 2.24) is 15.2 Å². The summed E-state index contributed by atoms with van der Waals surface area (Å²) >= 11 is 0. The quantitative estimate of drug-likeness (QED) is 0.0512. The molecule has 1 saturated carbocycles. The Labute approximate surface area is 351 Å². The van der Waals surface area contributed by atoms with Crippen molar-refractivity contribution < 1.29 is 34.4 Å². The van der Waals surface area contributed by atoms with Crippen LogP contribution < -0.4 is 15.6 Å². The smallest absolute Gasteiger partial charge is 0.347 e. The summed E-state index contributed by atoms with van der Waals surface area (Å²) in [5, 5.41) is 36.6. The molecule has 2 heterocycles. The van der Waals surface area contributed by atoms with Crippen LogP contribution in [0.5, 0.6) is 11.5 Å². The molecule has 5 aromatic rings. The van der Waals surface area contributed by atoms with E-state index in [1.54, 1.807) is 72.8 Å². The first-order chi connectivity index (χ1) is 28.2. The Hall–Kier alpha value is -5.14. The van der Waals surface area contributed by atoms with Gasteiger partial charge in [0, 0.05) is 35.2 Å². The number of esters is 1. The second kappa shape index (κ2) is 20.2. The molecule has 0 bridgehead atoms. The number of phenolic OH excluding ortho intramolecular Hbond substituents is 1. The summed E-state index contributed by atoms with van der Waals surface area (Å²) in [4.78, 5) is 43.5. The number of carbonyl (C=O) groups excluding carboxylic acids is 2. The largest absolute Gasteiger partial charge is 0.506 e. The van der Waals surface area contributed by atoms with Crippen LogP contribution >= 0.6 is 13.5 Å². The number of carbonyl (C=O) groups is 2. The number of aliphatic hydroxyl groups excluding tert-OH is 1. The van der Waals surface area contributed by atoms with Gasteiger partial charge in [0.1, 0.15) is 11.5 Å². The number of likely N-dealkylation sites (tertiary alicyclic amines) is 1. The third kappa shape index (κ3) is 10.5. The minimum atomic E-state index is -2.01. The minimum absolute atomic E-state index is 0. The van der Waals surface area contributed by atoms with Crippen molar-refractivity contribution >= 4 is 36.3 Å². The lowest BCUT2D eigenvalue weighted by Gasteiger charge is -2.41. The fourth-order valence-electron chi connectivity index (χ4n) is 8.02.